The number of aliphatic hydroxyl groups is 2. The molecule has 18 heteroatoms. The number of hydrogen-bond donors (Lipinski definition) is 11. The van der Waals surface area contributed by atoms with Crippen LogP contribution < -0.4 is 43.0 Å². The van der Waals surface area contributed by atoms with Gasteiger partial charge in [0, 0.05) is 37.1 Å². The summed E-state index contributed by atoms with van der Waals surface area (Å²) < 4.78 is 5.27. The number of fused-ring (bicyclic) bond motifs is 1. The van der Waals surface area contributed by atoms with Crippen LogP contribution in [0.2, 0.25) is 0 Å². The van der Waals surface area contributed by atoms with Crippen LogP contribution in [0.5, 0.6) is 0 Å². The number of aromatic nitrogens is 1. The fourth-order valence-corrected chi connectivity index (χ4v) is 5.41. The zero-order valence-electron chi connectivity index (χ0n) is 31.1. The van der Waals surface area contributed by atoms with E-state index in [0.29, 0.717) is 25.9 Å². The first-order chi connectivity index (χ1) is 25.3. The van der Waals surface area contributed by atoms with Gasteiger partial charge in [0.1, 0.15) is 36.8 Å². The molecule has 0 fully saturated rings. The number of nitrogens with two attached hydrogens (primary N) is 1. The summed E-state index contributed by atoms with van der Waals surface area (Å²) in [6, 6.07) is 1.02. The predicted molar refractivity (Wildman–Crippen MR) is 197 cm³/mol. The Bertz CT molecular complexity index is 1500. The number of rotatable bonds is 24. The Labute approximate surface area is 309 Å². The minimum absolute atomic E-state index is 0.108. The lowest BCUT2D eigenvalue weighted by Gasteiger charge is -2.29. The molecule has 1 aromatic carbocycles. The zero-order chi connectivity index (χ0) is 39.5. The number of carbonyl (C=O) groups is 6. The molecule has 0 spiro atoms. The van der Waals surface area contributed by atoms with Crippen LogP contribution in [-0.2, 0) is 39.9 Å². The van der Waals surface area contributed by atoms with E-state index in [1.54, 1.807) is 27.1 Å². The summed E-state index contributed by atoms with van der Waals surface area (Å²) >= 11 is 0. The monoisotopic (exact) mass is 747 g/mol. The number of H-pyrrole nitrogens is 1. The first-order valence-corrected chi connectivity index (χ1v) is 17.8. The molecule has 1 unspecified atom stereocenters. The molecule has 296 valence electrons. The van der Waals surface area contributed by atoms with Crippen molar-refractivity contribution in [3.8, 4) is 0 Å². The van der Waals surface area contributed by atoms with Crippen molar-refractivity contribution >= 4 is 46.3 Å². The molecule has 0 aliphatic carbocycles. The third-order valence-corrected chi connectivity index (χ3v) is 8.43. The lowest BCUT2D eigenvalue weighted by Crippen LogP contribution is -2.62. The predicted octanol–water partition coefficient (Wildman–Crippen LogP) is -2.73. The number of aromatic amines is 1. The van der Waals surface area contributed by atoms with E-state index in [0.717, 1.165) is 16.5 Å². The van der Waals surface area contributed by atoms with Gasteiger partial charge in [-0.1, -0.05) is 32.0 Å². The molecule has 2 aromatic rings. The first-order valence-electron chi connectivity index (χ1n) is 17.8. The minimum Gasteiger partial charge on any atom is -0.394 e. The summed E-state index contributed by atoms with van der Waals surface area (Å²) in [5.41, 5.74) is 7.19. The number of hydrogen-bond acceptors (Lipinski definition) is 11. The maximum atomic E-state index is 13.5. The quantitative estimate of drug-likeness (QED) is 0.0491. The van der Waals surface area contributed by atoms with Gasteiger partial charge in [0.25, 0.3) is 0 Å². The number of carbonyl (C=O) groups excluding carboxylic acids is 6. The van der Waals surface area contributed by atoms with Gasteiger partial charge >= 0.3 is 0 Å². The Hall–Kier alpha value is -4.62. The van der Waals surface area contributed by atoms with Gasteiger partial charge in [-0.25, -0.2) is 0 Å². The van der Waals surface area contributed by atoms with Crippen LogP contribution >= 0.6 is 0 Å². The fourth-order valence-electron chi connectivity index (χ4n) is 5.41. The second-order valence-electron chi connectivity index (χ2n) is 13.0. The second kappa shape index (κ2) is 23.1. The molecule has 6 amide bonds. The Morgan fingerprint density at radius 2 is 1.45 bits per heavy atom. The molecule has 6 atom stereocenters. The Morgan fingerprint density at radius 3 is 2.08 bits per heavy atom. The summed E-state index contributed by atoms with van der Waals surface area (Å²) in [5.74, 6) is -4.93. The van der Waals surface area contributed by atoms with Crippen LogP contribution in [0.15, 0.2) is 30.5 Å². The molecular weight excluding hydrogens is 690 g/mol. The van der Waals surface area contributed by atoms with Crippen molar-refractivity contribution in [2.45, 2.75) is 82.8 Å². The van der Waals surface area contributed by atoms with E-state index in [9.17, 15) is 39.0 Å². The molecule has 2 rings (SSSR count). The molecule has 0 radical (unpaired) electrons. The SMILES string of the molecule is CNCCOCC(=O)N[C@@H](CCCCN)C(=O)N[C@@H](CO)C(=O)NC(C(=O)N[C@H](C(=O)N[C@@H](Cc1c[nH]c2ccccc12)C(=O)NC)[C@@H](C)O)C(C)C. The highest BCUT2D eigenvalue weighted by atomic mass is 16.5. The standard InChI is InChI=1S/C35H57N9O9/c1-20(2)29(43-33(50)27(18-45)42-32(49)25(12-8-9-13-36)40-28(47)19-53-15-14-37-4)34(51)44-30(21(3)46)35(52)41-26(31(48)38-5)16-22-17-39-24-11-7-6-10-23(22)24/h6-7,10-11,17,20-21,25-27,29-30,37,39,45-46H,8-9,12-16,18-19,36H2,1-5H3,(H,38,48)(H,40,47)(H,41,52)(H,42,49)(H,43,50)(H,44,51)/t21-,25+,26+,27+,29?,30+/m1/s1. The lowest BCUT2D eigenvalue weighted by molar-refractivity contribution is -0.137. The summed E-state index contributed by atoms with van der Waals surface area (Å²) in [4.78, 5) is 81.9. The topological polar surface area (TPSA) is 278 Å². The molecule has 0 bridgehead atoms. The second-order valence-corrected chi connectivity index (χ2v) is 13.0. The summed E-state index contributed by atoms with van der Waals surface area (Å²) in [6.07, 6.45) is 1.70. The minimum atomic E-state index is -1.52. The molecule has 0 aliphatic heterocycles. The number of nitrogens with one attached hydrogen (secondary N) is 8. The number of likely N-dealkylation sites (N-methyl/N-ethyl adjacent to an activating group) is 2. The molecule has 0 saturated carbocycles. The lowest BCUT2D eigenvalue weighted by atomic mass is 10.0. The van der Waals surface area contributed by atoms with E-state index < -0.39 is 84.3 Å². The smallest absolute Gasteiger partial charge is 0.246 e. The van der Waals surface area contributed by atoms with Crippen molar-refractivity contribution in [1.82, 2.24) is 42.2 Å². The first kappa shape index (κ1) is 44.5. The van der Waals surface area contributed by atoms with Crippen LogP contribution in [0.4, 0.5) is 0 Å². The maximum absolute atomic E-state index is 13.5. The summed E-state index contributed by atoms with van der Waals surface area (Å²) in [5, 5.41) is 39.4. The highest BCUT2D eigenvalue weighted by Gasteiger charge is 2.35. The third kappa shape index (κ3) is 14.4. The van der Waals surface area contributed by atoms with Gasteiger partial charge < -0.3 is 62.9 Å². The average molecular weight is 748 g/mol. The van der Waals surface area contributed by atoms with Crippen LogP contribution in [-0.4, -0.2) is 134 Å². The van der Waals surface area contributed by atoms with E-state index in [2.05, 4.69) is 42.2 Å². The van der Waals surface area contributed by atoms with Crippen LogP contribution in [0.3, 0.4) is 0 Å². The van der Waals surface area contributed by atoms with Crippen molar-refractivity contribution in [2.24, 2.45) is 11.7 Å². The Balaban J connectivity index is 2.13. The van der Waals surface area contributed by atoms with E-state index in [1.165, 1.54) is 14.0 Å². The molecule has 0 saturated heterocycles. The summed E-state index contributed by atoms with van der Waals surface area (Å²) in [6.45, 7) is 4.57. The molecule has 1 heterocycles. The van der Waals surface area contributed by atoms with Crippen molar-refractivity contribution < 1.29 is 43.7 Å². The van der Waals surface area contributed by atoms with E-state index in [-0.39, 0.29) is 26.1 Å². The zero-order valence-corrected chi connectivity index (χ0v) is 31.1. The van der Waals surface area contributed by atoms with Crippen LogP contribution in [0.1, 0.15) is 45.6 Å². The molecule has 12 N–H and O–H groups in total. The Morgan fingerprint density at radius 1 is 0.811 bits per heavy atom. The van der Waals surface area contributed by atoms with Gasteiger partial charge in [0.05, 0.1) is 19.3 Å². The van der Waals surface area contributed by atoms with Gasteiger partial charge in [-0.15, -0.1) is 0 Å². The largest absolute Gasteiger partial charge is 0.394 e. The fraction of sp³-hybridized carbons (Fsp3) is 0.600. The van der Waals surface area contributed by atoms with E-state index in [4.69, 9.17) is 10.5 Å². The van der Waals surface area contributed by atoms with Gasteiger partial charge in [-0.3, -0.25) is 28.8 Å². The molecule has 18 nitrogen and oxygen atoms in total. The number of amides is 6. The van der Waals surface area contributed by atoms with Crippen molar-refractivity contribution in [1.29, 1.82) is 0 Å². The number of ether oxygens (including phenoxy) is 1. The van der Waals surface area contributed by atoms with Gasteiger partial charge in [0.15, 0.2) is 0 Å². The molecule has 1 aromatic heterocycles. The van der Waals surface area contributed by atoms with Gasteiger partial charge in [0.2, 0.25) is 35.4 Å². The average Bonchev–Trinajstić information content (AvgIpc) is 3.54. The van der Waals surface area contributed by atoms with Crippen molar-refractivity contribution in [2.75, 3.05) is 47.0 Å². The molecule has 53 heavy (non-hydrogen) atoms. The number of para-hydroxylation sites is 1. The maximum Gasteiger partial charge on any atom is 0.246 e. The third-order valence-electron chi connectivity index (χ3n) is 8.43. The van der Waals surface area contributed by atoms with Crippen LogP contribution in [0.25, 0.3) is 10.9 Å². The van der Waals surface area contributed by atoms with Crippen LogP contribution in [0, 0.1) is 5.92 Å². The van der Waals surface area contributed by atoms with E-state index in [1.807, 2.05) is 24.3 Å². The van der Waals surface area contributed by atoms with Crippen molar-refractivity contribution in [3.63, 3.8) is 0 Å². The van der Waals surface area contributed by atoms with Gasteiger partial charge in [-0.2, -0.15) is 0 Å². The molecular formula is C35H57N9O9. The van der Waals surface area contributed by atoms with E-state index >= 15 is 0 Å². The van der Waals surface area contributed by atoms with Crippen molar-refractivity contribution in [3.05, 3.63) is 36.0 Å². The van der Waals surface area contributed by atoms with Gasteiger partial charge in [-0.05, 0) is 57.3 Å². The highest BCUT2D eigenvalue weighted by Crippen LogP contribution is 2.19. The Kier molecular flexibility index (Phi) is 19.4. The normalized spacial score (nSPS) is 14.7. The molecule has 0 aliphatic rings. The number of aliphatic hydroxyl groups excluding tert-OH is 2. The summed E-state index contributed by atoms with van der Waals surface area (Å²) in [7, 11) is 3.15. The number of benzene rings is 1. The highest BCUT2D eigenvalue weighted by molar-refractivity contribution is 5.97. The number of unbranched alkanes of at least 4 members (excludes halogenated alkanes) is 1.